The van der Waals surface area contributed by atoms with E-state index < -0.39 is 47.2 Å². The van der Waals surface area contributed by atoms with Crippen LogP contribution in [0.1, 0.15) is 17.2 Å². The van der Waals surface area contributed by atoms with Crippen LogP contribution in [0.4, 0.5) is 13.2 Å². The van der Waals surface area contributed by atoms with Crippen molar-refractivity contribution in [2.24, 2.45) is 0 Å². The van der Waals surface area contributed by atoms with Gasteiger partial charge in [-0.15, -0.1) is 0 Å². The van der Waals surface area contributed by atoms with Crippen molar-refractivity contribution in [1.82, 2.24) is 20.6 Å². The first-order valence-corrected chi connectivity index (χ1v) is 10.6. The van der Waals surface area contributed by atoms with Crippen LogP contribution < -0.4 is 10.1 Å². The van der Waals surface area contributed by atoms with Gasteiger partial charge in [-0.3, -0.25) is 10.1 Å². The molecule has 0 unspecified atom stereocenters. The van der Waals surface area contributed by atoms with Gasteiger partial charge < -0.3 is 24.0 Å². The van der Waals surface area contributed by atoms with Crippen LogP contribution in [-0.4, -0.2) is 50.7 Å². The lowest BCUT2D eigenvalue weighted by molar-refractivity contribution is -0.137. The molecule has 3 heterocycles. The minimum atomic E-state index is -4.81. The van der Waals surface area contributed by atoms with E-state index in [1.807, 2.05) is 0 Å². The van der Waals surface area contributed by atoms with Gasteiger partial charge >= 0.3 is 12.1 Å². The Morgan fingerprint density at radius 3 is 2.58 bits per heavy atom. The van der Waals surface area contributed by atoms with E-state index in [0.29, 0.717) is 16.9 Å². The molecule has 36 heavy (non-hydrogen) atoms. The molecule has 5 rings (SSSR count). The Morgan fingerprint density at radius 1 is 1.08 bits per heavy atom. The van der Waals surface area contributed by atoms with Crippen LogP contribution in [0.3, 0.4) is 0 Å². The number of carboxylic acids is 1. The predicted molar refractivity (Wildman–Crippen MR) is 116 cm³/mol. The quantitative estimate of drug-likeness (QED) is 0.358. The number of alkyl halides is 3. The maximum Gasteiger partial charge on any atom is 0.422 e. The first-order valence-electron chi connectivity index (χ1n) is 10.6. The highest BCUT2D eigenvalue weighted by Crippen LogP contribution is 2.43. The molecular weight excluding hydrogens is 485 g/mol. The second-order valence-electron chi connectivity index (χ2n) is 7.91. The van der Waals surface area contributed by atoms with Crippen LogP contribution in [0.15, 0.2) is 57.6 Å². The predicted octanol–water partition coefficient (Wildman–Crippen LogP) is 3.55. The molecule has 10 nitrogen and oxygen atoms in total. The fourth-order valence-electron chi connectivity index (χ4n) is 3.84. The number of nitrogens with zero attached hydrogens (tertiary/aromatic N) is 3. The number of benzene rings is 2. The Labute approximate surface area is 200 Å². The third-order valence-corrected chi connectivity index (χ3v) is 5.55. The Balaban J connectivity index is 1.45. The number of hydrogen-bond acceptors (Lipinski definition) is 9. The molecule has 3 N–H and O–H groups in total. The van der Waals surface area contributed by atoms with Gasteiger partial charge in [0, 0.05) is 16.7 Å². The molecule has 0 saturated carbocycles. The van der Waals surface area contributed by atoms with E-state index in [9.17, 15) is 23.1 Å². The number of aliphatic hydroxyl groups is 1. The summed E-state index contributed by atoms with van der Waals surface area (Å²) in [4.78, 5) is 14.8. The lowest BCUT2D eigenvalue weighted by Gasteiger charge is -2.30. The summed E-state index contributed by atoms with van der Waals surface area (Å²) in [5.41, 5.74) is -0.579. The zero-order chi connectivity index (χ0) is 25.4. The number of hydrogen-bond donors (Lipinski definition) is 3. The van der Waals surface area contributed by atoms with E-state index in [0.717, 1.165) is 0 Å². The summed E-state index contributed by atoms with van der Waals surface area (Å²) in [6.45, 7) is -0.352. The molecule has 0 spiro atoms. The summed E-state index contributed by atoms with van der Waals surface area (Å²) >= 11 is 0. The molecule has 0 fully saturated rings. The van der Waals surface area contributed by atoms with Crippen molar-refractivity contribution in [2.75, 3.05) is 13.2 Å². The van der Waals surface area contributed by atoms with Crippen LogP contribution in [-0.2, 0) is 11.0 Å². The monoisotopic (exact) mass is 502 g/mol. The molecule has 0 saturated heterocycles. The number of fused-ring (bicyclic) bond motifs is 1. The Hall–Kier alpha value is -4.23. The molecule has 2 aromatic carbocycles. The molecule has 0 aliphatic carbocycles. The molecule has 2 aromatic heterocycles. The number of rotatable bonds is 6. The van der Waals surface area contributed by atoms with Gasteiger partial charge in [-0.05, 0) is 6.07 Å². The molecule has 186 valence electrons. The van der Waals surface area contributed by atoms with Gasteiger partial charge in [0.1, 0.15) is 29.7 Å². The average Bonchev–Trinajstić information content (AvgIpc) is 3.51. The third-order valence-electron chi connectivity index (χ3n) is 5.55. The fourth-order valence-corrected chi connectivity index (χ4v) is 3.84. The summed E-state index contributed by atoms with van der Waals surface area (Å²) < 4.78 is 57.5. The lowest BCUT2D eigenvalue weighted by Crippen LogP contribution is -2.44. The standard InChI is InChI=1S/C23H17F3N4O6/c24-23(25,26)17-18(11-4-2-1-3-5-11)29-35-20(17)22-28-21(30-36-22)12-6-7-13-15(8-12)34-10-14(19(13)33)27-9-16(31)32/h1-8,14,19,27,33H,9-10H2,(H,31,32)/t14-,19-/m1/s1. The Morgan fingerprint density at radius 2 is 1.86 bits per heavy atom. The maximum absolute atomic E-state index is 13.9. The van der Waals surface area contributed by atoms with E-state index in [-0.39, 0.29) is 24.5 Å². The normalized spacial score (nSPS) is 17.4. The Kier molecular flexibility index (Phi) is 5.94. The molecule has 0 bridgehead atoms. The van der Waals surface area contributed by atoms with Crippen molar-refractivity contribution >= 4 is 5.97 Å². The van der Waals surface area contributed by atoms with Gasteiger partial charge in [0.25, 0.3) is 5.89 Å². The summed E-state index contributed by atoms with van der Waals surface area (Å²) in [6, 6.07) is 11.7. The van der Waals surface area contributed by atoms with E-state index in [4.69, 9.17) is 18.9 Å². The third kappa shape index (κ3) is 4.41. The minimum Gasteiger partial charge on any atom is -0.491 e. The topological polar surface area (TPSA) is 144 Å². The molecule has 1 aliphatic heterocycles. The van der Waals surface area contributed by atoms with Crippen molar-refractivity contribution in [3.63, 3.8) is 0 Å². The van der Waals surface area contributed by atoms with Crippen molar-refractivity contribution in [2.45, 2.75) is 18.3 Å². The minimum absolute atomic E-state index is 0.00232. The zero-order valence-corrected chi connectivity index (χ0v) is 18.2. The van der Waals surface area contributed by atoms with E-state index in [1.165, 1.54) is 30.3 Å². The van der Waals surface area contributed by atoms with Crippen molar-refractivity contribution < 1.29 is 42.0 Å². The van der Waals surface area contributed by atoms with Crippen molar-refractivity contribution in [3.05, 3.63) is 59.7 Å². The molecule has 4 aromatic rings. The highest BCUT2D eigenvalue weighted by Gasteiger charge is 2.43. The van der Waals surface area contributed by atoms with Gasteiger partial charge in [-0.2, -0.15) is 18.2 Å². The van der Waals surface area contributed by atoms with E-state index in [2.05, 4.69) is 20.6 Å². The number of aromatic nitrogens is 3. The first kappa shape index (κ1) is 23.5. The maximum atomic E-state index is 13.9. The highest BCUT2D eigenvalue weighted by atomic mass is 19.4. The Bertz CT molecular complexity index is 1400. The average molecular weight is 502 g/mol. The van der Waals surface area contributed by atoms with Gasteiger partial charge in [-0.1, -0.05) is 52.8 Å². The molecule has 2 atom stereocenters. The molecule has 1 aliphatic rings. The van der Waals surface area contributed by atoms with Crippen LogP contribution in [0.25, 0.3) is 34.3 Å². The lowest BCUT2D eigenvalue weighted by atomic mass is 9.97. The molecular formula is C23H17F3N4O6. The number of carbonyl (C=O) groups is 1. The SMILES string of the molecule is O=C(O)CN[C@@H]1COc2cc(-c3noc(-c4onc(-c5ccccc5)c4C(F)(F)F)n3)ccc2[C@H]1O. The summed E-state index contributed by atoms with van der Waals surface area (Å²) in [7, 11) is 0. The van der Waals surface area contributed by atoms with Crippen molar-refractivity contribution in [3.8, 4) is 40.0 Å². The number of aliphatic hydroxyl groups excluding tert-OH is 1. The fraction of sp³-hybridized carbons (Fsp3) is 0.217. The number of ether oxygens (including phenoxy) is 1. The van der Waals surface area contributed by atoms with Gasteiger partial charge in [-0.25, -0.2) is 0 Å². The number of aliphatic carboxylic acids is 1. The number of nitrogens with one attached hydrogen (secondary N) is 1. The van der Waals surface area contributed by atoms with Gasteiger partial charge in [0.05, 0.1) is 12.6 Å². The van der Waals surface area contributed by atoms with Crippen LogP contribution >= 0.6 is 0 Å². The van der Waals surface area contributed by atoms with Gasteiger partial charge in [0.15, 0.2) is 0 Å². The van der Waals surface area contributed by atoms with Crippen molar-refractivity contribution in [1.29, 1.82) is 0 Å². The van der Waals surface area contributed by atoms with E-state index >= 15 is 0 Å². The second-order valence-corrected chi connectivity index (χ2v) is 7.91. The second kappa shape index (κ2) is 9.09. The largest absolute Gasteiger partial charge is 0.491 e. The summed E-state index contributed by atoms with van der Waals surface area (Å²) in [5, 5.41) is 29.4. The first-order chi connectivity index (χ1) is 17.2. The molecule has 0 radical (unpaired) electrons. The highest BCUT2D eigenvalue weighted by molar-refractivity contribution is 5.71. The van der Waals surface area contributed by atoms with Gasteiger partial charge in [0.2, 0.25) is 11.6 Å². The number of carboxylic acid groups (broad SMARTS) is 1. The number of halogens is 3. The summed E-state index contributed by atoms with van der Waals surface area (Å²) in [6.07, 6.45) is -5.85. The van der Waals surface area contributed by atoms with Crippen LogP contribution in [0, 0.1) is 0 Å². The smallest absolute Gasteiger partial charge is 0.422 e. The summed E-state index contributed by atoms with van der Waals surface area (Å²) in [5.74, 6) is -2.04. The van der Waals surface area contributed by atoms with Crippen LogP contribution in [0.2, 0.25) is 0 Å². The van der Waals surface area contributed by atoms with Crippen LogP contribution in [0.5, 0.6) is 5.75 Å². The molecule has 0 amide bonds. The zero-order valence-electron chi connectivity index (χ0n) is 18.2. The molecule has 13 heteroatoms. The van der Waals surface area contributed by atoms with E-state index in [1.54, 1.807) is 18.2 Å².